The summed E-state index contributed by atoms with van der Waals surface area (Å²) < 4.78 is 1.99. The molecule has 1 aliphatic rings. The molecule has 1 heterocycles. The first-order valence-corrected chi connectivity index (χ1v) is 7.67. The molecule has 1 saturated carbocycles. The number of aliphatic hydroxyl groups excluding tert-OH is 1. The zero-order valence-electron chi connectivity index (χ0n) is 12.2. The largest absolute Gasteiger partial charge is 0.396 e. The molecule has 0 bridgehead atoms. The first-order chi connectivity index (χ1) is 10.4. The Morgan fingerprint density at radius 2 is 2.24 bits per heavy atom. The minimum absolute atomic E-state index is 0.248. The molecule has 1 aliphatic carbocycles. The van der Waals surface area contributed by atoms with Gasteiger partial charge in [0, 0.05) is 31.0 Å². The smallest absolute Gasteiger partial charge is 0.0769 e. The number of rotatable bonds is 8. The van der Waals surface area contributed by atoms with Gasteiger partial charge in [-0.25, -0.2) is 4.68 Å². The predicted octanol–water partition coefficient (Wildman–Crippen LogP) is 2.04. The Kier molecular flexibility index (Phi) is 4.54. The zero-order valence-corrected chi connectivity index (χ0v) is 12.2. The van der Waals surface area contributed by atoms with Gasteiger partial charge in [0.25, 0.3) is 0 Å². The first kappa shape index (κ1) is 14.1. The van der Waals surface area contributed by atoms with Crippen LogP contribution < -0.4 is 5.32 Å². The van der Waals surface area contributed by atoms with E-state index in [1.807, 2.05) is 22.9 Å². The van der Waals surface area contributed by atoms with E-state index < -0.39 is 0 Å². The van der Waals surface area contributed by atoms with Gasteiger partial charge in [0.15, 0.2) is 0 Å². The Balaban J connectivity index is 1.76. The van der Waals surface area contributed by atoms with Crippen LogP contribution in [0, 0.1) is 12.1 Å². The Morgan fingerprint density at radius 3 is 2.95 bits per heavy atom. The predicted molar refractivity (Wildman–Crippen MR) is 81.1 cm³/mol. The van der Waals surface area contributed by atoms with Gasteiger partial charge in [-0.3, -0.25) is 0 Å². The molecular weight excluding hydrogens is 262 g/mol. The van der Waals surface area contributed by atoms with Crippen molar-refractivity contribution in [1.82, 2.24) is 15.1 Å². The maximum atomic E-state index is 8.95. The van der Waals surface area contributed by atoms with E-state index in [2.05, 4.69) is 23.5 Å². The molecule has 1 fully saturated rings. The molecule has 21 heavy (non-hydrogen) atoms. The topological polar surface area (TPSA) is 50.1 Å². The highest BCUT2D eigenvalue weighted by Crippen LogP contribution is 2.20. The number of aromatic nitrogens is 2. The summed E-state index contributed by atoms with van der Waals surface area (Å²) in [4.78, 5) is 0. The van der Waals surface area contributed by atoms with Crippen molar-refractivity contribution in [3.8, 4) is 5.69 Å². The van der Waals surface area contributed by atoms with Crippen molar-refractivity contribution < 1.29 is 5.11 Å². The van der Waals surface area contributed by atoms with Gasteiger partial charge in [-0.2, -0.15) is 5.10 Å². The maximum Gasteiger partial charge on any atom is 0.0769 e. The highest BCUT2D eigenvalue weighted by Gasteiger charge is 2.20. The van der Waals surface area contributed by atoms with E-state index >= 15 is 0 Å². The molecule has 1 aromatic heterocycles. The van der Waals surface area contributed by atoms with Gasteiger partial charge in [-0.15, -0.1) is 0 Å². The summed E-state index contributed by atoms with van der Waals surface area (Å²) in [7, 11) is 0. The third-order valence-electron chi connectivity index (χ3n) is 3.71. The van der Waals surface area contributed by atoms with Gasteiger partial charge in [0.2, 0.25) is 0 Å². The number of hydrogen-bond donors (Lipinski definition) is 2. The van der Waals surface area contributed by atoms with Crippen LogP contribution in [0.25, 0.3) is 5.69 Å². The van der Waals surface area contributed by atoms with Gasteiger partial charge in [-0.1, -0.05) is 12.1 Å². The second-order valence-electron chi connectivity index (χ2n) is 5.57. The van der Waals surface area contributed by atoms with Gasteiger partial charge >= 0.3 is 0 Å². The second kappa shape index (κ2) is 6.75. The molecule has 0 saturated heterocycles. The minimum Gasteiger partial charge on any atom is -0.396 e. The van der Waals surface area contributed by atoms with Gasteiger partial charge < -0.3 is 10.4 Å². The molecule has 0 spiro atoms. The van der Waals surface area contributed by atoms with E-state index in [1.165, 1.54) is 18.5 Å². The normalized spacial score (nSPS) is 14.1. The van der Waals surface area contributed by atoms with Crippen LogP contribution in [0.2, 0.25) is 0 Å². The average Bonchev–Trinajstić information content (AvgIpc) is 3.26. The molecule has 2 aromatic rings. The van der Waals surface area contributed by atoms with Gasteiger partial charge in [0.05, 0.1) is 11.4 Å². The Morgan fingerprint density at radius 1 is 1.33 bits per heavy atom. The number of aryl methyl sites for hydroxylation is 1. The fraction of sp³-hybridized carbons (Fsp3) is 0.471. The summed E-state index contributed by atoms with van der Waals surface area (Å²) in [6, 6.07) is 14.5. The lowest BCUT2D eigenvalue weighted by molar-refractivity contribution is 0.284. The lowest BCUT2D eigenvalue weighted by Crippen LogP contribution is -2.15. The fourth-order valence-corrected chi connectivity index (χ4v) is 2.39. The summed E-state index contributed by atoms with van der Waals surface area (Å²) in [5, 5.41) is 17.2. The standard InChI is InChI=1S/C17H21N3O/c21-11-5-4-8-17-12-15(13-18-14-9-10-14)19-20(17)16-6-2-1-3-7-16/h2,6-7,12,14,18,21H,4-5,8-11,13H2. The van der Waals surface area contributed by atoms with Crippen molar-refractivity contribution in [2.45, 2.75) is 44.7 Å². The highest BCUT2D eigenvalue weighted by molar-refractivity contribution is 5.31. The summed E-state index contributed by atoms with van der Waals surface area (Å²) in [5.74, 6) is 0. The van der Waals surface area contributed by atoms with E-state index in [1.54, 1.807) is 0 Å². The maximum absolute atomic E-state index is 8.95. The number of aliphatic hydroxyl groups is 1. The van der Waals surface area contributed by atoms with Gasteiger partial charge in [-0.05, 0) is 50.3 Å². The van der Waals surface area contributed by atoms with Crippen molar-refractivity contribution in [3.63, 3.8) is 0 Å². The van der Waals surface area contributed by atoms with E-state index in [0.717, 1.165) is 37.2 Å². The third kappa shape index (κ3) is 3.84. The number of unbranched alkanes of at least 4 members (excludes halogenated alkanes) is 1. The SMILES string of the molecule is OCCCCc1cc(CNC2CC2)nn1-c1cc#ccc1. The molecule has 0 atom stereocenters. The van der Waals surface area contributed by atoms with E-state index in [4.69, 9.17) is 10.2 Å². The summed E-state index contributed by atoms with van der Waals surface area (Å²) in [6.07, 6.45) is 5.30. The Bertz CT molecular complexity index is 561. The van der Waals surface area contributed by atoms with Crippen LogP contribution >= 0.6 is 0 Å². The van der Waals surface area contributed by atoms with Crippen molar-refractivity contribution in [2.75, 3.05) is 6.61 Å². The Hall–Kier alpha value is -1.83. The summed E-state index contributed by atoms with van der Waals surface area (Å²) >= 11 is 0. The van der Waals surface area contributed by atoms with Crippen LogP contribution in [0.15, 0.2) is 24.3 Å². The highest BCUT2D eigenvalue weighted by atomic mass is 16.2. The molecule has 0 aliphatic heterocycles. The lowest BCUT2D eigenvalue weighted by atomic mass is 10.2. The summed E-state index contributed by atoms with van der Waals surface area (Å²) in [5.41, 5.74) is 3.29. The quantitative estimate of drug-likeness (QED) is 0.729. The van der Waals surface area contributed by atoms with E-state index in [9.17, 15) is 0 Å². The second-order valence-corrected chi connectivity index (χ2v) is 5.57. The van der Waals surface area contributed by atoms with Crippen LogP contribution in [-0.2, 0) is 13.0 Å². The fourth-order valence-electron chi connectivity index (χ4n) is 2.39. The first-order valence-electron chi connectivity index (χ1n) is 7.67. The van der Waals surface area contributed by atoms with Crippen molar-refractivity contribution in [2.24, 2.45) is 0 Å². The van der Waals surface area contributed by atoms with Crippen LogP contribution in [0.3, 0.4) is 0 Å². The van der Waals surface area contributed by atoms with Crippen LogP contribution in [0.4, 0.5) is 0 Å². The monoisotopic (exact) mass is 283 g/mol. The molecule has 3 rings (SSSR count). The lowest BCUT2D eigenvalue weighted by Gasteiger charge is -2.05. The number of nitrogens with one attached hydrogen (secondary N) is 1. The molecule has 2 N–H and O–H groups in total. The van der Waals surface area contributed by atoms with Crippen LogP contribution in [0.1, 0.15) is 37.1 Å². The van der Waals surface area contributed by atoms with Crippen molar-refractivity contribution >= 4 is 0 Å². The third-order valence-corrected chi connectivity index (χ3v) is 3.71. The summed E-state index contributed by atoms with van der Waals surface area (Å²) in [6.45, 7) is 1.08. The van der Waals surface area contributed by atoms with E-state index in [0.29, 0.717) is 6.04 Å². The molecular formula is C17H21N3O. The Labute approximate surface area is 125 Å². The molecule has 4 heteroatoms. The molecule has 1 aromatic carbocycles. The van der Waals surface area contributed by atoms with Crippen molar-refractivity contribution in [3.05, 3.63) is 47.8 Å². The molecule has 4 nitrogen and oxygen atoms in total. The average molecular weight is 283 g/mol. The van der Waals surface area contributed by atoms with Crippen LogP contribution in [-0.4, -0.2) is 27.5 Å². The number of nitrogens with zero attached hydrogens (tertiary/aromatic N) is 2. The minimum atomic E-state index is 0.248. The van der Waals surface area contributed by atoms with E-state index in [-0.39, 0.29) is 6.61 Å². The van der Waals surface area contributed by atoms with Crippen LogP contribution in [0.5, 0.6) is 0 Å². The molecule has 0 radical (unpaired) electrons. The zero-order chi connectivity index (χ0) is 14.5. The van der Waals surface area contributed by atoms with Gasteiger partial charge in [0.1, 0.15) is 0 Å². The molecule has 110 valence electrons. The van der Waals surface area contributed by atoms with Crippen molar-refractivity contribution in [1.29, 1.82) is 0 Å². The number of hydrogen-bond acceptors (Lipinski definition) is 3. The molecule has 0 amide bonds. The molecule has 0 unspecified atom stereocenters.